The normalized spacial score (nSPS) is 17.8. The minimum absolute atomic E-state index is 0.0393. The second-order valence-electron chi connectivity index (χ2n) is 9.07. The Kier molecular flexibility index (Phi) is 8.85. The van der Waals surface area contributed by atoms with Gasteiger partial charge in [0.25, 0.3) is 0 Å². The van der Waals surface area contributed by atoms with Crippen molar-refractivity contribution >= 4 is 21.9 Å². The summed E-state index contributed by atoms with van der Waals surface area (Å²) in [4.78, 5) is 24.4. The number of hydrogen-bond donors (Lipinski definition) is 2. The van der Waals surface area contributed by atoms with Gasteiger partial charge in [-0.1, -0.05) is 24.6 Å². The summed E-state index contributed by atoms with van der Waals surface area (Å²) in [5.41, 5.74) is -0.511. The largest absolute Gasteiger partial charge is 0.491 e. The Morgan fingerprint density at radius 1 is 1.14 bits per heavy atom. The van der Waals surface area contributed by atoms with Gasteiger partial charge in [-0.2, -0.15) is 17.5 Å². The summed E-state index contributed by atoms with van der Waals surface area (Å²) in [5.74, 6) is -1.52. The smallest absolute Gasteiger partial charge is 0.416 e. The molecule has 1 amide bonds. The van der Waals surface area contributed by atoms with E-state index in [9.17, 15) is 36.3 Å². The average Bonchev–Trinajstić information content (AvgIpc) is 2.84. The Balaban J connectivity index is 1.79. The highest BCUT2D eigenvalue weighted by atomic mass is 32.2. The van der Waals surface area contributed by atoms with E-state index in [1.165, 1.54) is 0 Å². The van der Waals surface area contributed by atoms with Gasteiger partial charge in [-0.3, -0.25) is 4.79 Å². The third-order valence-electron chi connectivity index (χ3n) is 5.87. The van der Waals surface area contributed by atoms with Gasteiger partial charge in [0.15, 0.2) is 0 Å². The van der Waals surface area contributed by atoms with E-state index in [-0.39, 0.29) is 25.5 Å². The summed E-state index contributed by atoms with van der Waals surface area (Å²) >= 11 is 0. The zero-order valence-electron chi connectivity index (χ0n) is 20.4. The van der Waals surface area contributed by atoms with Gasteiger partial charge in [0, 0.05) is 13.0 Å². The number of piperidine rings is 1. The second-order valence-corrected chi connectivity index (χ2v) is 11.0. The van der Waals surface area contributed by atoms with Crippen LogP contribution in [0.4, 0.5) is 13.2 Å². The lowest BCUT2D eigenvalue weighted by Crippen LogP contribution is -2.55. The number of carboxylic acid groups (broad SMARTS) is 1. The molecule has 0 radical (unpaired) electrons. The van der Waals surface area contributed by atoms with Crippen LogP contribution in [0.15, 0.2) is 53.4 Å². The topological polar surface area (TPSA) is 113 Å². The van der Waals surface area contributed by atoms with Crippen molar-refractivity contribution in [3.8, 4) is 5.75 Å². The zero-order valence-corrected chi connectivity index (χ0v) is 21.2. The first-order chi connectivity index (χ1) is 17.3. The number of alkyl halides is 3. The lowest BCUT2D eigenvalue weighted by Gasteiger charge is -2.34. The molecule has 2 aromatic carbocycles. The van der Waals surface area contributed by atoms with Gasteiger partial charge in [-0.15, -0.1) is 0 Å². The summed E-state index contributed by atoms with van der Waals surface area (Å²) in [7, 11) is -4.46. The van der Waals surface area contributed by atoms with E-state index in [0.717, 1.165) is 22.5 Å². The minimum Gasteiger partial charge on any atom is -0.491 e. The molecule has 0 bridgehead atoms. The molecule has 0 aliphatic carbocycles. The summed E-state index contributed by atoms with van der Waals surface area (Å²) < 4.78 is 72.4. The Labute approximate surface area is 213 Å². The number of carbonyl (C=O) groups excluding carboxylic acids is 1. The molecule has 2 N–H and O–H groups in total. The number of rotatable bonds is 9. The van der Waals surface area contributed by atoms with Gasteiger partial charge in [0.2, 0.25) is 15.9 Å². The van der Waals surface area contributed by atoms with E-state index in [1.54, 1.807) is 24.3 Å². The Morgan fingerprint density at radius 2 is 1.81 bits per heavy atom. The molecule has 1 heterocycles. The number of aliphatic carboxylic acids is 1. The lowest BCUT2D eigenvalue weighted by atomic mass is 10.0. The van der Waals surface area contributed by atoms with Crippen LogP contribution in [0, 0.1) is 0 Å². The van der Waals surface area contributed by atoms with Gasteiger partial charge in [-0.05, 0) is 62.6 Å². The molecule has 0 saturated carbocycles. The molecule has 1 aliphatic heterocycles. The van der Waals surface area contributed by atoms with Crippen LogP contribution < -0.4 is 10.1 Å². The molecule has 2 aromatic rings. The number of ether oxygens (including phenoxy) is 1. The standard InChI is InChI=1S/C25H29F3N2O6S/c1-16(2)36-19-11-9-17(10-12-19)14-21(24(32)33)29-23(31)22-8-3-4-13-30(22)37(34,35)20-7-5-6-18(15-20)25(26,27)28/h5-7,9-12,15-16,21-22H,3-4,8,13-14H2,1-2H3,(H,29,31)(H,32,33)/t21-,22?/m0/s1. The van der Waals surface area contributed by atoms with Crippen LogP contribution in [0.25, 0.3) is 0 Å². The molecule has 0 aromatic heterocycles. The maximum Gasteiger partial charge on any atom is 0.416 e. The van der Waals surface area contributed by atoms with Crippen LogP contribution in [0.3, 0.4) is 0 Å². The summed E-state index contributed by atoms with van der Waals surface area (Å²) in [5, 5.41) is 12.1. The molecule has 0 spiro atoms. The monoisotopic (exact) mass is 542 g/mol. The summed E-state index contributed by atoms with van der Waals surface area (Å²) in [6.07, 6.45) is -3.81. The quantitative estimate of drug-likeness (QED) is 0.498. The Morgan fingerprint density at radius 3 is 2.41 bits per heavy atom. The Hall–Kier alpha value is -3.12. The second kappa shape index (κ2) is 11.5. The molecule has 1 aliphatic rings. The van der Waals surface area contributed by atoms with Crippen molar-refractivity contribution in [2.45, 2.75) is 68.8 Å². The summed E-state index contributed by atoms with van der Waals surface area (Å²) in [6, 6.07) is 7.44. The fourth-order valence-electron chi connectivity index (χ4n) is 4.10. The van der Waals surface area contributed by atoms with E-state index in [1.807, 2.05) is 13.8 Å². The minimum atomic E-state index is -4.74. The Bertz CT molecular complexity index is 1220. The highest BCUT2D eigenvalue weighted by Crippen LogP contribution is 2.32. The first-order valence-corrected chi connectivity index (χ1v) is 13.2. The van der Waals surface area contributed by atoms with Gasteiger partial charge in [0.05, 0.1) is 16.6 Å². The molecule has 202 valence electrons. The zero-order chi connectivity index (χ0) is 27.4. The number of hydrogen-bond acceptors (Lipinski definition) is 5. The van der Waals surface area contributed by atoms with Crippen LogP contribution >= 0.6 is 0 Å². The lowest BCUT2D eigenvalue weighted by molar-refractivity contribution is -0.142. The number of nitrogens with zero attached hydrogens (tertiary/aromatic N) is 1. The van der Waals surface area contributed by atoms with E-state index in [2.05, 4.69) is 5.32 Å². The number of halogens is 3. The number of carboxylic acids is 1. The van der Waals surface area contributed by atoms with E-state index < -0.39 is 50.6 Å². The fraction of sp³-hybridized carbons (Fsp3) is 0.440. The molecular weight excluding hydrogens is 513 g/mol. The molecule has 1 unspecified atom stereocenters. The highest BCUT2D eigenvalue weighted by molar-refractivity contribution is 7.89. The number of amides is 1. The van der Waals surface area contributed by atoms with Gasteiger partial charge >= 0.3 is 12.1 Å². The van der Waals surface area contributed by atoms with Crippen molar-refractivity contribution < 1.29 is 41.0 Å². The number of carbonyl (C=O) groups is 2. The molecule has 2 atom stereocenters. The van der Waals surface area contributed by atoms with Crippen LogP contribution in [-0.4, -0.2) is 54.4 Å². The number of nitrogens with one attached hydrogen (secondary N) is 1. The van der Waals surface area contributed by atoms with E-state index in [4.69, 9.17) is 4.74 Å². The van der Waals surface area contributed by atoms with Crippen LogP contribution in [0.5, 0.6) is 5.75 Å². The van der Waals surface area contributed by atoms with Crippen molar-refractivity contribution in [2.75, 3.05) is 6.54 Å². The van der Waals surface area contributed by atoms with Crippen molar-refractivity contribution in [3.63, 3.8) is 0 Å². The molecule has 37 heavy (non-hydrogen) atoms. The third kappa shape index (κ3) is 7.22. The van der Waals surface area contributed by atoms with Gasteiger partial charge < -0.3 is 15.2 Å². The average molecular weight is 543 g/mol. The van der Waals surface area contributed by atoms with Crippen molar-refractivity contribution in [2.24, 2.45) is 0 Å². The maximum atomic E-state index is 13.3. The number of sulfonamides is 1. The van der Waals surface area contributed by atoms with Crippen molar-refractivity contribution in [3.05, 3.63) is 59.7 Å². The van der Waals surface area contributed by atoms with Gasteiger partial charge in [-0.25, -0.2) is 13.2 Å². The molecule has 3 rings (SSSR count). The van der Waals surface area contributed by atoms with Crippen LogP contribution in [0.2, 0.25) is 0 Å². The SMILES string of the molecule is CC(C)Oc1ccc(C[C@H](NC(=O)C2CCCCN2S(=O)(=O)c2cccc(C(F)(F)F)c2)C(=O)O)cc1. The van der Waals surface area contributed by atoms with Crippen molar-refractivity contribution in [1.29, 1.82) is 0 Å². The molecule has 8 nitrogen and oxygen atoms in total. The predicted molar refractivity (Wildman–Crippen MR) is 128 cm³/mol. The van der Waals surface area contributed by atoms with E-state index >= 15 is 0 Å². The van der Waals surface area contributed by atoms with Crippen LogP contribution in [-0.2, 0) is 32.2 Å². The number of benzene rings is 2. The van der Waals surface area contributed by atoms with E-state index in [0.29, 0.717) is 30.2 Å². The van der Waals surface area contributed by atoms with Gasteiger partial charge in [0.1, 0.15) is 17.8 Å². The summed E-state index contributed by atoms with van der Waals surface area (Å²) in [6.45, 7) is 3.66. The molecule has 1 fully saturated rings. The molecule has 12 heteroatoms. The van der Waals surface area contributed by atoms with Crippen LogP contribution in [0.1, 0.15) is 44.2 Å². The predicted octanol–water partition coefficient (Wildman–Crippen LogP) is 3.85. The first-order valence-electron chi connectivity index (χ1n) is 11.8. The molecular formula is C25H29F3N2O6S. The van der Waals surface area contributed by atoms with Crippen molar-refractivity contribution in [1.82, 2.24) is 9.62 Å². The third-order valence-corrected chi connectivity index (χ3v) is 7.78. The first kappa shape index (κ1) is 28.5. The molecule has 1 saturated heterocycles. The highest BCUT2D eigenvalue weighted by Gasteiger charge is 2.40. The maximum absolute atomic E-state index is 13.3. The fourth-order valence-corrected chi connectivity index (χ4v) is 5.81.